The van der Waals surface area contributed by atoms with E-state index in [0.29, 0.717) is 0 Å². The lowest BCUT2D eigenvalue weighted by Crippen LogP contribution is -2.38. The molecule has 0 saturated carbocycles. The van der Waals surface area contributed by atoms with E-state index >= 15 is 0 Å². The lowest BCUT2D eigenvalue weighted by Gasteiger charge is -2.20. The molecule has 0 aromatic heterocycles. The number of hydrogen-bond donors (Lipinski definition) is 0. The highest BCUT2D eigenvalue weighted by atomic mass is 28.3. The molecule has 1 rings (SSSR count). The molecule has 0 atom stereocenters. The van der Waals surface area contributed by atoms with Crippen LogP contribution in [0.15, 0.2) is 24.3 Å². The van der Waals surface area contributed by atoms with Gasteiger partial charge in [0.2, 0.25) is 0 Å². The molecule has 1 aromatic carbocycles. The maximum Gasteiger partial charge on any atom is 0.167 e. The number of ether oxygens (including phenoxy) is 1. The zero-order valence-electron chi connectivity index (χ0n) is 9.83. The molecule has 0 N–H and O–H groups in total. The smallest absolute Gasteiger partial charge is 0.167 e. The summed E-state index contributed by atoms with van der Waals surface area (Å²) in [5, 5.41) is 1.27. The first-order chi connectivity index (χ1) is 6.91. The molecule has 15 heavy (non-hydrogen) atoms. The Balaban J connectivity index is 2.92. The van der Waals surface area contributed by atoms with Gasteiger partial charge in [0, 0.05) is 0 Å². The maximum absolute atomic E-state index is 10.9. The highest BCUT2D eigenvalue weighted by molar-refractivity contribution is 6.89. The fourth-order valence-corrected chi connectivity index (χ4v) is 2.88. The van der Waals surface area contributed by atoms with Crippen LogP contribution >= 0.6 is 0 Å². The minimum Gasteiger partial charge on any atom is -0.486 e. The Labute approximate surface area is 92.3 Å². The van der Waals surface area contributed by atoms with Gasteiger partial charge < -0.3 is 4.74 Å². The SMILES string of the molecule is CC(=O)COc1ccccc1[Si](C)(C)C. The van der Waals surface area contributed by atoms with Crippen molar-refractivity contribution in [3.8, 4) is 5.75 Å². The van der Waals surface area contributed by atoms with E-state index in [1.165, 1.54) is 12.1 Å². The summed E-state index contributed by atoms with van der Waals surface area (Å²) in [6.45, 7) is 8.51. The number of benzene rings is 1. The second-order valence-corrected chi connectivity index (χ2v) is 9.78. The second-order valence-electron chi connectivity index (χ2n) is 4.74. The number of ketones is 1. The van der Waals surface area contributed by atoms with E-state index < -0.39 is 8.07 Å². The van der Waals surface area contributed by atoms with Crippen molar-refractivity contribution in [2.24, 2.45) is 0 Å². The van der Waals surface area contributed by atoms with Crippen molar-refractivity contribution < 1.29 is 9.53 Å². The van der Waals surface area contributed by atoms with Crippen LogP contribution < -0.4 is 9.92 Å². The molecule has 0 spiro atoms. The summed E-state index contributed by atoms with van der Waals surface area (Å²) in [6, 6.07) is 8.01. The van der Waals surface area contributed by atoms with E-state index in [1.807, 2.05) is 18.2 Å². The van der Waals surface area contributed by atoms with Crippen LogP contribution in [0.4, 0.5) is 0 Å². The first-order valence-electron chi connectivity index (χ1n) is 5.13. The van der Waals surface area contributed by atoms with Crippen LogP contribution in [-0.4, -0.2) is 20.5 Å². The molecule has 0 aliphatic heterocycles. The predicted molar refractivity (Wildman–Crippen MR) is 65.6 cm³/mol. The van der Waals surface area contributed by atoms with Gasteiger partial charge in [-0.2, -0.15) is 0 Å². The van der Waals surface area contributed by atoms with Gasteiger partial charge in [0.1, 0.15) is 12.4 Å². The zero-order valence-corrected chi connectivity index (χ0v) is 10.8. The summed E-state index contributed by atoms with van der Waals surface area (Å²) in [6.07, 6.45) is 0. The molecular weight excluding hydrogens is 204 g/mol. The predicted octanol–water partition coefficient (Wildman–Crippen LogP) is 2.20. The molecule has 0 saturated heterocycles. The van der Waals surface area contributed by atoms with Gasteiger partial charge in [-0.3, -0.25) is 4.79 Å². The van der Waals surface area contributed by atoms with E-state index in [0.717, 1.165) is 5.75 Å². The third kappa shape index (κ3) is 3.51. The van der Waals surface area contributed by atoms with Crippen LogP contribution in [0.2, 0.25) is 19.6 Å². The standard InChI is InChI=1S/C12H18O2Si/c1-10(13)9-14-11-7-5-6-8-12(11)15(2,3)4/h5-8H,9H2,1-4H3. The van der Waals surface area contributed by atoms with E-state index in [1.54, 1.807) is 0 Å². The van der Waals surface area contributed by atoms with E-state index in [9.17, 15) is 4.79 Å². The Hall–Kier alpha value is -1.09. The summed E-state index contributed by atoms with van der Waals surface area (Å²) in [7, 11) is -1.39. The third-order valence-electron chi connectivity index (χ3n) is 2.13. The number of para-hydroxylation sites is 1. The van der Waals surface area contributed by atoms with Gasteiger partial charge in [-0.25, -0.2) is 0 Å². The number of rotatable bonds is 4. The highest BCUT2D eigenvalue weighted by Gasteiger charge is 2.20. The molecule has 0 amide bonds. The Kier molecular flexibility index (Phi) is 3.69. The first-order valence-corrected chi connectivity index (χ1v) is 8.63. The van der Waals surface area contributed by atoms with Crippen molar-refractivity contribution in [1.29, 1.82) is 0 Å². The highest BCUT2D eigenvalue weighted by Crippen LogP contribution is 2.13. The number of carbonyl (C=O) groups excluding carboxylic acids is 1. The van der Waals surface area contributed by atoms with Crippen molar-refractivity contribution >= 4 is 19.0 Å². The lowest BCUT2D eigenvalue weighted by molar-refractivity contribution is -0.118. The number of hydrogen-bond acceptors (Lipinski definition) is 2. The van der Waals surface area contributed by atoms with E-state index in [-0.39, 0.29) is 12.4 Å². The molecule has 82 valence electrons. The molecule has 0 aliphatic carbocycles. The van der Waals surface area contributed by atoms with Gasteiger partial charge in [0.05, 0.1) is 8.07 Å². The van der Waals surface area contributed by atoms with Crippen LogP contribution in [0.1, 0.15) is 6.92 Å². The Morgan fingerprint density at radius 3 is 2.40 bits per heavy atom. The van der Waals surface area contributed by atoms with Gasteiger partial charge >= 0.3 is 0 Å². The average Bonchev–Trinajstić information content (AvgIpc) is 2.13. The van der Waals surface area contributed by atoms with E-state index in [2.05, 4.69) is 25.7 Å². The molecule has 2 nitrogen and oxygen atoms in total. The number of carbonyl (C=O) groups is 1. The van der Waals surface area contributed by atoms with E-state index in [4.69, 9.17) is 4.74 Å². The molecule has 1 aromatic rings. The molecule has 0 unspecified atom stereocenters. The molecule has 0 radical (unpaired) electrons. The fraction of sp³-hybridized carbons (Fsp3) is 0.417. The summed E-state index contributed by atoms with van der Waals surface area (Å²) in [4.78, 5) is 10.9. The largest absolute Gasteiger partial charge is 0.486 e. The van der Waals surface area contributed by atoms with Crippen LogP contribution in [0, 0.1) is 0 Å². The minimum absolute atomic E-state index is 0.0559. The van der Waals surface area contributed by atoms with Crippen molar-refractivity contribution in [2.75, 3.05) is 6.61 Å². The molecule has 0 bridgehead atoms. The molecular formula is C12H18O2Si. The van der Waals surface area contributed by atoms with Gasteiger partial charge in [-0.05, 0) is 18.2 Å². The normalized spacial score (nSPS) is 11.2. The fourth-order valence-electron chi connectivity index (χ4n) is 1.39. The van der Waals surface area contributed by atoms with Crippen LogP contribution in [0.5, 0.6) is 5.75 Å². The second kappa shape index (κ2) is 4.62. The van der Waals surface area contributed by atoms with Crippen LogP contribution in [-0.2, 0) is 4.79 Å². The quantitative estimate of drug-likeness (QED) is 0.730. The van der Waals surface area contributed by atoms with Gasteiger partial charge in [0.25, 0.3) is 0 Å². The van der Waals surface area contributed by atoms with Gasteiger partial charge in [0.15, 0.2) is 5.78 Å². The third-order valence-corrected chi connectivity index (χ3v) is 4.16. The molecule has 0 aliphatic rings. The maximum atomic E-state index is 10.9. The van der Waals surface area contributed by atoms with Gasteiger partial charge in [-0.1, -0.05) is 37.8 Å². The Bertz CT molecular complexity index is 353. The molecule has 0 fully saturated rings. The van der Waals surface area contributed by atoms with Crippen molar-refractivity contribution in [3.05, 3.63) is 24.3 Å². The van der Waals surface area contributed by atoms with Crippen molar-refractivity contribution in [1.82, 2.24) is 0 Å². The topological polar surface area (TPSA) is 26.3 Å². The molecule has 3 heteroatoms. The van der Waals surface area contributed by atoms with Gasteiger partial charge in [-0.15, -0.1) is 0 Å². The number of Topliss-reactive ketones (excluding diaryl/α,β-unsaturated/α-hetero) is 1. The summed E-state index contributed by atoms with van der Waals surface area (Å²) in [5.74, 6) is 0.923. The first kappa shape index (κ1) is 12.0. The zero-order chi connectivity index (χ0) is 11.5. The van der Waals surface area contributed by atoms with Crippen LogP contribution in [0.25, 0.3) is 0 Å². The van der Waals surface area contributed by atoms with Crippen LogP contribution in [0.3, 0.4) is 0 Å². The average molecular weight is 222 g/mol. The Morgan fingerprint density at radius 1 is 1.27 bits per heavy atom. The summed E-state index contributed by atoms with van der Waals surface area (Å²) < 4.78 is 5.51. The Morgan fingerprint density at radius 2 is 1.87 bits per heavy atom. The summed E-state index contributed by atoms with van der Waals surface area (Å²) >= 11 is 0. The summed E-state index contributed by atoms with van der Waals surface area (Å²) in [5.41, 5.74) is 0. The van der Waals surface area contributed by atoms with Crippen molar-refractivity contribution in [3.63, 3.8) is 0 Å². The minimum atomic E-state index is -1.39. The molecule has 0 heterocycles. The van der Waals surface area contributed by atoms with Crippen molar-refractivity contribution in [2.45, 2.75) is 26.6 Å². The monoisotopic (exact) mass is 222 g/mol. The lowest BCUT2D eigenvalue weighted by atomic mass is 10.3.